The summed E-state index contributed by atoms with van der Waals surface area (Å²) in [4.78, 5) is 10.9. The van der Waals surface area contributed by atoms with E-state index in [1.807, 2.05) is 0 Å². The van der Waals surface area contributed by atoms with Gasteiger partial charge in [0.25, 0.3) is 0 Å². The van der Waals surface area contributed by atoms with Crippen LogP contribution in [0.3, 0.4) is 0 Å². The Bertz CT molecular complexity index is 479. The minimum absolute atomic E-state index is 0.0423. The van der Waals surface area contributed by atoms with E-state index in [-0.39, 0.29) is 12.2 Å². The molecule has 0 aliphatic heterocycles. The highest BCUT2D eigenvalue weighted by atomic mass is 19.4. The minimum Gasteiger partial charge on any atom is -0.496 e. The number of rotatable bonds is 4. The van der Waals surface area contributed by atoms with E-state index < -0.39 is 17.7 Å². The monoisotopic (exact) mass is 274 g/mol. The average Bonchev–Trinajstić information content (AvgIpc) is 2.37. The number of methoxy groups -OCH3 is 2. The molecule has 6 heteroatoms. The van der Waals surface area contributed by atoms with Crippen LogP contribution in [-0.2, 0) is 15.7 Å². The second kappa shape index (κ2) is 6.26. The fraction of sp³-hybridized carbons (Fsp3) is 0.308. The number of halogens is 3. The normalized spacial score (nSPS) is 11.6. The van der Waals surface area contributed by atoms with E-state index in [0.29, 0.717) is 5.56 Å². The number of benzene rings is 1. The number of carbonyl (C=O) groups is 1. The Hall–Kier alpha value is -1.98. The highest BCUT2D eigenvalue weighted by Crippen LogP contribution is 2.33. The van der Waals surface area contributed by atoms with Gasteiger partial charge in [0.05, 0.1) is 26.2 Å². The van der Waals surface area contributed by atoms with Crippen LogP contribution in [0.5, 0.6) is 5.75 Å². The Kier molecular flexibility index (Phi) is 4.97. The lowest BCUT2D eigenvalue weighted by Crippen LogP contribution is -2.05. The van der Waals surface area contributed by atoms with Gasteiger partial charge in [-0.3, -0.25) is 4.79 Å². The SMILES string of the molecule is COC(=O)CC=Cc1ccc(C(F)(F)F)cc1OC. The summed E-state index contributed by atoms with van der Waals surface area (Å²) in [5, 5.41) is 0. The topological polar surface area (TPSA) is 35.5 Å². The molecule has 0 saturated carbocycles. The first-order chi connectivity index (χ1) is 8.88. The minimum atomic E-state index is -4.42. The molecule has 3 nitrogen and oxygen atoms in total. The number of esters is 1. The van der Waals surface area contributed by atoms with Gasteiger partial charge in [-0.05, 0) is 12.1 Å². The molecule has 0 atom stereocenters. The Labute approximate surface area is 108 Å². The molecule has 1 rings (SSSR count). The molecule has 0 aromatic heterocycles. The zero-order chi connectivity index (χ0) is 14.5. The maximum atomic E-state index is 12.5. The predicted octanol–water partition coefficient (Wildman–Crippen LogP) is 3.29. The number of carbonyl (C=O) groups excluding carboxylic acids is 1. The van der Waals surface area contributed by atoms with Gasteiger partial charge in [-0.15, -0.1) is 0 Å². The number of hydrogen-bond acceptors (Lipinski definition) is 3. The largest absolute Gasteiger partial charge is 0.496 e. The van der Waals surface area contributed by atoms with Gasteiger partial charge in [0.1, 0.15) is 5.75 Å². The molecule has 0 aliphatic rings. The summed E-state index contributed by atoms with van der Waals surface area (Å²) in [5.74, 6) is -0.335. The summed E-state index contributed by atoms with van der Waals surface area (Å²) in [7, 11) is 2.54. The third kappa shape index (κ3) is 4.31. The van der Waals surface area contributed by atoms with Crippen molar-refractivity contribution >= 4 is 12.0 Å². The summed E-state index contributed by atoms with van der Waals surface area (Å²) < 4.78 is 46.9. The van der Waals surface area contributed by atoms with Gasteiger partial charge in [-0.2, -0.15) is 13.2 Å². The van der Waals surface area contributed by atoms with Crippen molar-refractivity contribution in [1.82, 2.24) is 0 Å². The van der Waals surface area contributed by atoms with E-state index in [4.69, 9.17) is 4.74 Å². The fourth-order valence-electron chi connectivity index (χ4n) is 1.39. The van der Waals surface area contributed by atoms with Crippen molar-refractivity contribution < 1.29 is 27.4 Å². The molecule has 0 fully saturated rings. The number of alkyl halides is 3. The number of ether oxygens (including phenoxy) is 2. The molecular weight excluding hydrogens is 261 g/mol. The molecule has 0 bridgehead atoms. The molecule has 0 N–H and O–H groups in total. The van der Waals surface area contributed by atoms with Crippen LogP contribution in [0.15, 0.2) is 24.3 Å². The molecular formula is C13H13F3O3. The zero-order valence-electron chi connectivity index (χ0n) is 10.5. The van der Waals surface area contributed by atoms with E-state index >= 15 is 0 Å². The first kappa shape index (κ1) is 15.1. The second-order valence-electron chi connectivity index (χ2n) is 3.64. The summed E-state index contributed by atoms with van der Waals surface area (Å²) in [6, 6.07) is 3.16. The Morgan fingerprint density at radius 3 is 2.53 bits per heavy atom. The summed E-state index contributed by atoms with van der Waals surface area (Å²) >= 11 is 0. The molecule has 0 spiro atoms. The van der Waals surface area contributed by atoms with Gasteiger partial charge in [0, 0.05) is 5.56 Å². The van der Waals surface area contributed by atoms with Crippen LogP contribution < -0.4 is 4.74 Å². The molecule has 0 radical (unpaired) electrons. The molecule has 1 aromatic carbocycles. The van der Waals surface area contributed by atoms with Gasteiger partial charge in [-0.25, -0.2) is 0 Å². The van der Waals surface area contributed by atoms with E-state index in [1.165, 1.54) is 32.4 Å². The van der Waals surface area contributed by atoms with E-state index in [9.17, 15) is 18.0 Å². The number of hydrogen-bond donors (Lipinski definition) is 0. The maximum absolute atomic E-state index is 12.5. The Balaban J connectivity index is 2.94. The molecule has 0 heterocycles. The van der Waals surface area contributed by atoms with Crippen molar-refractivity contribution in [2.75, 3.05) is 14.2 Å². The van der Waals surface area contributed by atoms with Crippen LogP contribution in [0, 0.1) is 0 Å². The highest BCUT2D eigenvalue weighted by molar-refractivity contribution is 5.73. The fourth-order valence-corrected chi connectivity index (χ4v) is 1.39. The first-order valence-corrected chi connectivity index (χ1v) is 5.37. The summed E-state index contributed by atoms with van der Waals surface area (Å²) in [6.07, 6.45) is -1.37. The van der Waals surface area contributed by atoms with Crippen LogP contribution in [0.2, 0.25) is 0 Å². The maximum Gasteiger partial charge on any atom is 0.416 e. The second-order valence-corrected chi connectivity index (χ2v) is 3.64. The standard InChI is InChI=1S/C13H13F3O3/c1-18-11-8-10(13(14,15)16)7-6-9(11)4-3-5-12(17)19-2/h3-4,6-8H,5H2,1-2H3. The summed E-state index contributed by atoms with van der Waals surface area (Å²) in [5.41, 5.74) is -0.325. The van der Waals surface area contributed by atoms with E-state index in [2.05, 4.69) is 4.74 Å². The smallest absolute Gasteiger partial charge is 0.416 e. The zero-order valence-corrected chi connectivity index (χ0v) is 10.5. The third-order valence-corrected chi connectivity index (χ3v) is 2.37. The lowest BCUT2D eigenvalue weighted by Gasteiger charge is -2.10. The quantitative estimate of drug-likeness (QED) is 0.790. The predicted molar refractivity (Wildman–Crippen MR) is 63.7 cm³/mol. The van der Waals surface area contributed by atoms with Gasteiger partial charge in [-0.1, -0.05) is 18.2 Å². The van der Waals surface area contributed by atoms with Crippen LogP contribution in [-0.4, -0.2) is 20.2 Å². The lowest BCUT2D eigenvalue weighted by molar-refractivity contribution is -0.139. The average molecular weight is 274 g/mol. The summed E-state index contributed by atoms with van der Waals surface area (Å²) in [6.45, 7) is 0. The van der Waals surface area contributed by atoms with Crippen molar-refractivity contribution in [3.8, 4) is 5.75 Å². The molecule has 0 saturated heterocycles. The first-order valence-electron chi connectivity index (χ1n) is 5.37. The molecule has 19 heavy (non-hydrogen) atoms. The van der Waals surface area contributed by atoms with Crippen molar-refractivity contribution in [1.29, 1.82) is 0 Å². The molecule has 0 amide bonds. The molecule has 104 valence electrons. The molecule has 1 aromatic rings. The molecule has 0 unspecified atom stereocenters. The Morgan fingerprint density at radius 2 is 2.00 bits per heavy atom. The lowest BCUT2D eigenvalue weighted by atomic mass is 10.1. The van der Waals surface area contributed by atoms with Gasteiger partial charge < -0.3 is 9.47 Å². The van der Waals surface area contributed by atoms with Crippen LogP contribution in [0.25, 0.3) is 6.08 Å². The van der Waals surface area contributed by atoms with Gasteiger partial charge >= 0.3 is 12.1 Å². The third-order valence-electron chi connectivity index (χ3n) is 2.37. The van der Waals surface area contributed by atoms with Crippen LogP contribution in [0.4, 0.5) is 13.2 Å². The Morgan fingerprint density at radius 1 is 1.32 bits per heavy atom. The van der Waals surface area contributed by atoms with Gasteiger partial charge in [0.15, 0.2) is 0 Å². The van der Waals surface area contributed by atoms with Crippen molar-refractivity contribution in [2.45, 2.75) is 12.6 Å². The highest BCUT2D eigenvalue weighted by Gasteiger charge is 2.31. The van der Waals surface area contributed by atoms with E-state index in [0.717, 1.165) is 12.1 Å². The van der Waals surface area contributed by atoms with Crippen molar-refractivity contribution in [2.24, 2.45) is 0 Å². The van der Waals surface area contributed by atoms with E-state index in [1.54, 1.807) is 0 Å². The van der Waals surface area contributed by atoms with Crippen LogP contribution in [0.1, 0.15) is 17.5 Å². The molecule has 0 aliphatic carbocycles. The van der Waals surface area contributed by atoms with Crippen molar-refractivity contribution in [3.05, 3.63) is 35.4 Å². The van der Waals surface area contributed by atoms with Gasteiger partial charge in [0.2, 0.25) is 0 Å². The van der Waals surface area contributed by atoms with Crippen LogP contribution >= 0.6 is 0 Å². The van der Waals surface area contributed by atoms with Crippen molar-refractivity contribution in [3.63, 3.8) is 0 Å².